The van der Waals surface area contributed by atoms with E-state index in [2.05, 4.69) is 84.9 Å². The van der Waals surface area contributed by atoms with Crippen molar-refractivity contribution in [1.29, 1.82) is 0 Å². The smallest absolute Gasteiger partial charge is 0.00988 e. The molecule has 6 aromatic carbocycles. The average molecular weight is 327 g/mol. The van der Waals surface area contributed by atoms with Crippen molar-refractivity contribution in [2.75, 3.05) is 0 Å². The Bertz CT molecular complexity index is 1250. The first kappa shape index (κ1) is 13.9. The molecular weight excluding hydrogens is 312 g/mol. The molecule has 0 aliphatic rings. The van der Waals surface area contributed by atoms with Crippen molar-refractivity contribution in [1.82, 2.24) is 0 Å². The zero-order valence-corrected chi connectivity index (χ0v) is 14.2. The van der Waals surface area contributed by atoms with Gasteiger partial charge in [-0.05, 0) is 108 Å². The number of hydrogen-bond acceptors (Lipinski definition) is 0. The normalized spacial score (nSPS) is 11.8. The molecule has 0 saturated heterocycles. The predicted octanol–water partition coefficient (Wildman–Crippen LogP) is 7.25. The Morgan fingerprint density at radius 1 is 0.385 bits per heavy atom. The van der Waals surface area contributed by atoms with Gasteiger partial charge in [0.15, 0.2) is 0 Å². The summed E-state index contributed by atoms with van der Waals surface area (Å²) < 4.78 is 0. The summed E-state index contributed by atoms with van der Waals surface area (Å²) in [5.74, 6) is 0. The van der Waals surface area contributed by atoms with Crippen molar-refractivity contribution in [2.45, 2.75) is 0 Å². The van der Waals surface area contributed by atoms with Crippen molar-refractivity contribution in [2.24, 2.45) is 0 Å². The first-order valence-electron chi connectivity index (χ1n) is 8.94. The van der Waals surface area contributed by atoms with Crippen molar-refractivity contribution in [3.05, 3.63) is 97.1 Å². The summed E-state index contributed by atoms with van der Waals surface area (Å²) in [6.07, 6.45) is 0. The molecule has 0 unspecified atom stereocenters. The van der Waals surface area contributed by atoms with Gasteiger partial charge in [0.25, 0.3) is 0 Å². The van der Waals surface area contributed by atoms with Crippen molar-refractivity contribution < 1.29 is 0 Å². The molecule has 0 heteroatoms. The van der Waals surface area contributed by atoms with Gasteiger partial charge < -0.3 is 0 Å². The maximum absolute atomic E-state index is 3.34. The zero-order chi connectivity index (χ0) is 17.1. The quantitative estimate of drug-likeness (QED) is 0.258. The predicted molar refractivity (Wildman–Crippen MR) is 113 cm³/mol. The van der Waals surface area contributed by atoms with Crippen LogP contribution in [0.4, 0.5) is 0 Å². The number of benzene rings is 6. The highest BCUT2D eigenvalue weighted by Crippen LogP contribution is 2.31. The topological polar surface area (TPSA) is 0 Å². The van der Waals surface area contributed by atoms with Crippen LogP contribution in [0.3, 0.4) is 0 Å². The lowest BCUT2D eigenvalue weighted by atomic mass is 9.96. The Morgan fingerprint density at radius 2 is 0.808 bits per heavy atom. The summed E-state index contributed by atoms with van der Waals surface area (Å²) in [4.78, 5) is 0. The van der Waals surface area contributed by atoms with Crippen LogP contribution in [0.1, 0.15) is 0 Å². The Labute approximate surface area is 151 Å². The molecule has 0 nitrogen and oxygen atoms in total. The molecule has 6 aromatic rings. The van der Waals surface area contributed by atoms with Crippen LogP contribution in [0, 0.1) is 6.07 Å². The average Bonchev–Trinajstić information content (AvgIpc) is 2.67. The van der Waals surface area contributed by atoms with Gasteiger partial charge in [-0.1, -0.05) is 42.5 Å². The molecule has 1 radical (unpaired) electrons. The Kier molecular flexibility index (Phi) is 2.70. The minimum atomic E-state index is 1.17. The van der Waals surface area contributed by atoms with Gasteiger partial charge in [0.05, 0.1) is 0 Å². The fraction of sp³-hybridized carbons (Fsp3) is 0. The molecule has 0 atom stereocenters. The highest BCUT2D eigenvalue weighted by Gasteiger charge is 2.04. The van der Waals surface area contributed by atoms with E-state index in [4.69, 9.17) is 0 Å². The van der Waals surface area contributed by atoms with Crippen LogP contribution in [0.2, 0.25) is 0 Å². The molecule has 0 aliphatic carbocycles. The molecule has 6 rings (SSSR count). The lowest BCUT2D eigenvalue weighted by Crippen LogP contribution is -1.81. The Morgan fingerprint density at radius 3 is 1.38 bits per heavy atom. The fourth-order valence-electron chi connectivity index (χ4n) is 4.07. The van der Waals surface area contributed by atoms with Crippen LogP contribution in [0.25, 0.3) is 53.9 Å². The maximum Gasteiger partial charge on any atom is -0.00988 e. The van der Waals surface area contributed by atoms with Crippen LogP contribution in [-0.4, -0.2) is 0 Å². The van der Waals surface area contributed by atoms with E-state index in [1.807, 2.05) is 12.1 Å². The fourth-order valence-corrected chi connectivity index (χ4v) is 4.07. The summed E-state index contributed by atoms with van der Waals surface area (Å²) in [6.45, 7) is 0. The maximum atomic E-state index is 3.34. The molecule has 0 N–H and O–H groups in total. The molecule has 119 valence electrons. The summed E-state index contributed by atoms with van der Waals surface area (Å²) in [6, 6.07) is 36.4. The monoisotopic (exact) mass is 327 g/mol. The Hall–Kier alpha value is -3.38. The van der Waals surface area contributed by atoms with E-state index in [1.54, 1.807) is 0 Å². The van der Waals surface area contributed by atoms with Crippen molar-refractivity contribution in [3.8, 4) is 0 Å². The molecule has 0 fully saturated rings. The summed E-state index contributed by atoms with van der Waals surface area (Å²) in [5.41, 5.74) is 0. The van der Waals surface area contributed by atoms with Crippen LogP contribution in [0.15, 0.2) is 91.0 Å². The SMILES string of the molecule is [c]1cccc2cc3cc4cc5cc6ccccc6cc5cc4cc3cc12. The molecular formula is C26H15. The van der Waals surface area contributed by atoms with Gasteiger partial charge >= 0.3 is 0 Å². The van der Waals surface area contributed by atoms with Gasteiger partial charge in [-0.25, -0.2) is 0 Å². The van der Waals surface area contributed by atoms with Crippen LogP contribution in [-0.2, 0) is 0 Å². The van der Waals surface area contributed by atoms with Crippen LogP contribution in [0.5, 0.6) is 0 Å². The summed E-state index contributed by atoms with van der Waals surface area (Å²) in [5, 5.41) is 12.7. The van der Waals surface area contributed by atoms with Gasteiger partial charge in [0, 0.05) is 0 Å². The first-order chi connectivity index (χ1) is 12.8. The molecule has 0 amide bonds. The van der Waals surface area contributed by atoms with E-state index >= 15 is 0 Å². The Balaban J connectivity index is 1.72. The molecule has 0 heterocycles. The van der Waals surface area contributed by atoms with Gasteiger partial charge in [-0.2, -0.15) is 0 Å². The highest BCUT2D eigenvalue weighted by molar-refractivity contribution is 6.10. The summed E-state index contributed by atoms with van der Waals surface area (Å²) in [7, 11) is 0. The molecule has 0 spiro atoms. The molecule has 26 heavy (non-hydrogen) atoms. The molecule has 0 aliphatic heterocycles. The molecule has 0 saturated carbocycles. The number of fused-ring (bicyclic) bond motifs is 5. The van der Waals surface area contributed by atoms with Gasteiger partial charge in [-0.15, -0.1) is 0 Å². The van der Waals surface area contributed by atoms with E-state index in [1.165, 1.54) is 53.9 Å². The van der Waals surface area contributed by atoms with Gasteiger partial charge in [-0.3, -0.25) is 0 Å². The second-order valence-electron chi connectivity index (χ2n) is 7.05. The third-order valence-electron chi connectivity index (χ3n) is 5.39. The van der Waals surface area contributed by atoms with Gasteiger partial charge in [0.2, 0.25) is 0 Å². The minimum Gasteiger partial charge on any atom is -0.0616 e. The van der Waals surface area contributed by atoms with E-state index in [0.29, 0.717) is 0 Å². The number of hydrogen-bond donors (Lipinski definition) is 0. The molecule has 0 aromatic heterocycles. The van der Waals surface area contributed by atoms with Crippen molar-refractivity contribution >= 4 is 53.9 Å². The van der Waals surface area contributed by atoms with E-state index in [9.17, 15) is 0 Å². The minimum absolute atomic E-state index is 1.17. The third-order valence-corrected chi connectivity index (χ3v) is 5.39. The second kappa shape index (κ2) is 5.06. The van der Waals surface area contributed by atoms with Crippen molar-refractivity contribution in [3.63, 3.8) is 0 Å². The van der Waals surface area contributed by atoms with E-state index in [0.717, 1.165) is 0 Å². The lowest BCUT2D eigenvalue weighted by Gasteiger charge is -2.08. The standard InChI is InChI=1S/C26H15/c1-2-6-18-10-22-14-26-16-24-12-20-8-4-3-7-19(20)11-23(24)15-25(26)13-21(22)9-17(18)5-1/h1-7,9-16H. The van der Waals surface area contributed by atoms with E-state index < -0.39 is 0 Å². The van der Waals surface area contributed by atoms with Gasteiger partial charge in [0.1, 0.15) is 0 Å². The largest absolute Gasteiger partial charge is 0.0616 e. The highest BCUT2D eigenvalue weighted by atomic mass is 14.1. The third kappa shape index (κ3) is 2.02. The number of rotatable bonds is 0. The second-order valence-corrected chi connectivity index (χ2v) is 7.05. The van der Waals surface area contributed by atoms with Crippen LogP contribution >= 0.6 is 0 Å². The zero-order valence-electron chi connectivity index (χ0n) is 14.2. The van der Waals surface area contributed by atoms with Crippen LogP contribution < -0.4 is 0 Å². The lowest BCUT2D eigenvalue weighted by molar-refractivity contribution is 1.77. The first-order valence-corrected chi connectivity index (χ1v) is 8.94. The summed E-state index contributed by atoms with van der Waals surface area (Å²) >= 11 is 0. The van der Waals surface area contributed by atoms with E-state index in [-0.39, 0.29) is 0 Å². The molecule has 0 bridgehead atoms.